The summed E-state index contributed by atoms with van der Waals surface area (Å²) in [6, 6.07) is 0. The summed E-state index contributed by atoms with van der Waals surface area (Å²) in [5.41, 5.74) is 0. The zero-order valence-electron chi connectivity index (χ0n) is 36.7. The number of hydrogen-bond acceptors (Lipinski definition) is 10. The largest absolute Gasteiger partial charge is 0.462 e. The summed E-state index contributed by atoms with van der Waals surface area (Å²) in [7, 11) is 0. The molecule has 1 aliphatic heterocycles. The molecule has 59 heavy (non-hydrogen) atoms. The first-order chi connectivity index (χ1) is 28.8. The van der Waals surface area contributed by atoms with Gasteiger partial charge in [-0.2, -0.15) is 0 Å². The highest BCUT2D eigenvalue weighted by Gasteiger charge is 2.44. The third-order valence-corrected chi connectivity index (χ3v) is 10.1. The van der Waals surface area contributed by atoms with Gasteiger partial charge in [-0.1, -0.05) is 145 Å². The Morgan fingerprint density at radius 3 is 1.51 bits per heavy atom. The number of hydrogen-bond donors (Lipinski definition) is 4. The number of carbonyl (C=O) groups excluding carboxylic acids is 2. The van der Waals surface area contributed by atoms with Crippen LogP contribution in [0.1, 0.15) is 168 Å². The molecule has 1 rings (SSSR count). The van der Waals surface area contributed by atoms with Gasteiger partial charge >= 0.3 is 11.9 Å². The fourth-order valence-corrected chi connectivity index (χ4v) is 6.44. The second kappa shape index (κ2) is 39.3. The van der Waals surface area contributed by atoms with Crippen molar-refractivity contribution in [2.45, 2.75) is 205 Å². The van der Waals surface area contributed by atoms with Crippen LogP contribution in [0.4, 0.5) is 0 Å². The number of rotatable bonds is 37. The van der Waals surface area contributed by atoms with E-state index in [1.54, 1.807) is 0 Å². The molecule has 0 bridgehead atoms. The maximum atomic E-state index is 12.8. The Morgan fingerprint density at radius 1 is 0.542 bits per heavy atom. The number of esters is 2. The van der Waals surface area contributed by atoms with Crippen LogP contribution < -0.4 is 0 Å². The zero-order valence-corrected chi connectivity index (χ0v) is 36.7. The maximum absolute atomic E-state index is 12.8. The molecular formula is C49H82O10. The van der Waals surface area contributed by atoms with Crippen LogP contribution in [0.25, 0.3) is 0 Å². The Labute approximate surface area is 357 Å². The maximum Gasteiger partial charge on any atom is 0.306 e. The fraction of sp³-hybridized carbons (Fsp3) is 0.714. The van der Waals surface area contributed by atoms with Gasteiger partial charge in [0.1, 0.15) is 31.0 Å². The highest BCUT2D eigenvalue weighted by atomic mass is 16.7. The highest BCUT2D eigenvalue weighted by Crippen LogP contribution is 2.22. The number of carbonyl (C=O) groups is 2. The molecule has 6 atom stereocenters. The summed E-state index contributed by atoms with van der Waals surface area (Å²) in [4.78, 5) is 25.4. The minimum absolute atomic E-state index is 0.208. The second-order valence-corrected chi connectivity index (χ2v) is 15.5. The molecule has 338 valence electrons. The van der Waals surface area contributed by atoms with E-state index in [-0.39, 0.29) is 26.1 Å². The van der Waals surface area contributed by atoms with E-state index in [1.807, 2.05) is 0 Å². The lowest BCUT2D eigenvalue weighted by atomic mass is 9.99. The van der Waals surface area contributed by atoms with Crippen LogP contribution in [0.5, 0.6) is 0 Å². The van der Waals surface area contributed by atoms with E-state index < -0.39 is 55.4 Å². The smallest absolute Gasteiger partial charge is 0.306 e. The zero-order chi connectivity index (χ0) is 43.0. The predicted octanol–water partition coefficient (Wildman–Crippen LogP) is 10.00. The van der Waals surface area contributed by atoms with Gasteiger partial charge in [0.05, 0.1) is 13.2 Å². The SMILES string of the molecule is CC/C=C\C/C=C\C/C=C\CCCCCCCC(=O)OCC(COC1OC(CO)C(O)C(O)C1O)OC(=O)CCCCCCCC/C=C\C/C=C\C/C=C\CCCCC. The van der Waals surface area contributed by atoms with Crippen LogP contribution in [0, 0.1) is 0 Å². The molecule has 0 aromatic heterocycles. The van der Waals surface area contributed by atoms with Gasteiger partial charge in [0.15, 0.2) is 12.4 Å². The van der Waals surface area contributed by atoms with Crippen molar-refractivity contribution in [2.75, 3.05) is 19.8 Å². The average molecular weight is 831 g/mol. The minimum Gasteiger partial charge on any atom is -0.462 e. The number of unbranched alkanes of at least 4 members (excludes halogenated alkanes) is 14. The third-order valence-electron chi connectivity index (χ3n) is 10.1. The van der Waals surface area contributed by atoms with Crippen LogP contribution in [0.15, 0.2) is 72.9 Å². The molecule has 0 aromatic rings. The van der Waals surface area contributed by atoms with Crippen molar-refractivity contribution in [2.24, 2.45) is 0 Å². The van der Waals surface area contributed by atoms with Crippen LogP contribution >= 0.6 is 0 Å². The van der Waals surface area contributed by atoms with Gasteiger partial charge in [-0.15, -0.1) is 0 Å². The summed E-state index contributed by atoms with van der Waals surface area (Å²) in [6.45, 7) is 3.24. The summed E-state index contributed by atoms with van der Waals surface area (Å²) in [5.74, 6) is -0.847. The van der Waals surface area contributed by atoms with Crippen LogP contribution in [-0.2, 0) is 28.5 Å². The Morgan fingerprint density at radius 2 is 1.00 bits per heavy atom. The third kappa shape index (κ3) is 30.8. The molecule has 0 amide bonds. The topological polar surface area (TPSA) is 152 Å². The number of ether oxygens (including phenoxy) is 4. The Balaban J connectivity index is 2.35. The van der Waals surface area contributed by atoms with E-state index in [2.05, 4.69) is 86.8 Å². The molecule has 6 unspecified atom stereocenters. The number of allylic oxidation sites excluding steroid dienone is 12. The predicted molar refractivity (Wildman–Crippen MR) is 238 cm³/mol. The minimum atomic E-state index is -1.60. The first-order valence-electron chi connectivity index (χ1n) is 23.0. The molecule has 1 fully saturated rings. The van der Waals surface area contributed by atoms with Gasteiger partial charge in [0.25, 0.3) is 0 Å². The fourth-order valence-electron chi connectivity index (χ4n) is 6.44. The normalized spacial score (nSPS) is 20.7. The van der Waals surface area contributed by atoms with Crippen molar-refractivity contribution in [1.29, 1.82) is 0 Å². The van der Waals surface area contributed by atoms with Crippen molar-refractivity contribution in [3.8, 4) is 0 Å². The van der Waals surface area contributed by atoms with Gasteiger partial charge in [-0.25, -0.2) is 0 Å². The molecule has 4 N–H and O–H groups in total. The molecule has 0 aromatic carbocycles. The van der Waals surface area contributed by atoms with E-state index in [9.17, 15) is 30.0 Å². The van der Waals surface area contributed by atoms with Crippen molar-refractivity contribution in [3.05, 3.63) is 72.9 Å². The lowest BCUT2D eigenvalue weighted by molar-refractivity contribution is -0.305. The Bertz CT molecular complexity index is 1190. The first kappa shape index (κ1) is 54.2. The van der Waals surface area contributed by atoms with Crippen molar-refractivity contribution >= 4 is 11.9 Å². The van der Waals surface area contributed by atoms with Gasteiger partial charge in [-0.3, -0.25) is 9.59 Å². The van der Waals surface area contributed by atoms with Gasteiger partial charge in [0.2, 0.25) is 0 Å². The van der Waals surface area contributed by atoms with Crippen molar-refractivity contribution < 1.29 is 49.0 Å². The van der Waals surface area contributed by atoms with Crippen LogP contribution in [0.2, 0.25) is 0 Å². The van der Waals surface area contributed by atoms with E-state index in [0.29, 0.717) is 12.8 Å². The summed E-state index contributed by atoms with van der Waals surface area (Å²) >= 11 is 0. The molecule has 1 heterocycles. The van der Waals surface area contributed by atoms with Gasteiger partial charge in [-0.05, 0) is 83.5 Å². The van der Waals surface area contributed by atoms with E-state index in [1.165, 1.54) is 25.7 Å². The number of aliphatic hydroxyl groups excluding tert-OH is 4. The Kier molecular flexibility index (Phi) is 36.1. The number of aliphatic hydroxyl groups is 4. The molecule has 1 saturated heterocycles. The molecule has 10 nitrogen and oxygen atoms in total. The highest BCUT2D eigenvalue weighted by molar-refractivity contribution is 5.70. The quantitative estimate of drug-likeness (QED) is 0.0271. The second-order valence-electron chi connectivity index (χ2n) is 15.5. The van der Waals surface area contributed by atoms with Gasteiger partial charge in [0, 0.05) is 12.8 Å². The lowest BCUT2D eigenvalue weighted by Crippen LogP contribution is -2.59. The van der Waals surface area contributed by atoms with Gasteiger partial charge < -0.3 is 39.4 Å². The van der Waals surface area contributed by atoms with E-state index >= 15 is 0 Å². The lowest BCUT2D eigenvalue weighted by Gasteiger charge is -2.39. The van der Waals surface area contributed by atoms with E-state index in [0.717, 1.165) is 103 Å². The van der Waals surface area contributed by atoms with Crippen LogP contribution in [-0.4, -0.2) is 89.0 Å². The molecule has 0 spiro atoms. The molecular weight excluding hydrogens is 749 g/mol. The summed E-state index contributed by atoms with van der Waals surface area (Å²) in [5, 5.41) is 40.1. The standard InChI is InChI=1S/C49H82O10/c1-3-5-7-9-11-13-15-17-19-20-21-22-24-26-28-30-32-34-36-38-45(52)58-42(41-57-49-48(55)47(54)46(53)43(39-50)59-49)40-56-44(51)37-35-33-31-29-27-25-23-18-16-14-12-10-8-6-4-2/h6,8,11-14,17-19,21-23,42-43,46-50,53-55H,3-5,7,9-10,15-16,20,24-41H2,1-2H3/b8-6-,13-11-,14-12-,19-17-,22-21-,23-18-. The average Bonchev–Trinajstić information content (AvgIpc) is 3.23. The molecule has 1 aliphatic rings. The summed E-state index contributed by atoms with van der Waals surface area (Å²) < 4.78 is 22.1. The summed E-state index contributed by atoms with van der Waals surface area (Å²) in [6.07, 6.45) is 41.8. The van der Waals surface area contributed by atoms with Crippen molar-refractivity contribution in [3.63, 3.8) is 0 Å². The first-order valence-corrected chi connectivity index (χ1v) is 23.0. The molecule has 0 radical (unpaired) electrons. The van der Waals surface area contributed by atoms with Crippen LogP contribution in [0.3, 0.4) is 0 Å². The Hall–Kier alpha value is -2.86. The molecule has 10 heteroatoms. The van der Waals surface area contributed by atoms with Crippen molar-refractivity contribution in [1.82, 2.24) is 0 Å². The molecule has 0 saturated carbocycles. The molecule has 0 aliphatic carbocycles. The van der Waals surface area contributed by atoms with E-state index in [4.69, 9.17) is 18.9 Å². The monoisotopic (exact) mass is 831 g/mol.